The van der Waals surface area contributed by atoms with Gasteiger partial charge in [-0.15, -0.1) is 0 Å². The molecule has 0 unspecified atom stereocenters. The van der Waals surface area contributed by atoms with E-state index in [0.29, 0.717) is 6.01 Å². The summed E-state index contributed by atoms with van der Waals surface area (Å²) in [6, 6.07) is 0.701. The lowest BCUT2D eigenvalue weighted by molar-refractivity contribution is 0.144. The standard InChI is InChI=1S/C10H16N2O2/c1-7-8(2)14-10(11-7)12-5-3-9(13)4-6-12/h9,13H,3-6H2,1-2H3. The first-order valence-corrected chi connectivity index (χ1v) is 5.04. The van der Waals surface area contributed by atoms with Crippen molar-refractivity contribution in [3.8, 4) is 0 Å². The Kier molecular flexibility index (Phi) is 2.46. The van der Waals surface area contributed by atoms with Crippen LogP contribution >= 0.6 is 0 Å². The molecule has 0 bridgehead atoms. The largest absolute Gasteiger partial charge is 0.429 e. The van der Waals surface area contributed by atoms with E-state index in [1.165, 1.54) is 0 Å². The van der Waals surface area contributed by atoms with Crippen molar-refractivity contribution in [1.82, 2.24) is 4.98 Å². The average molecular weight is 196 g/mol. The van der Waals surface area contributed by atoms with E-state index in [4.69, 9.17) is 4.42 Å². The van der Waals surface area contributed by atoms with E-state index in [2.05, 4.69) is 9.88 Å². The Morgan fingerprint density at radius 1 is 1.36 bits per heavy atom. The monoisotopic (exact) mass is 196 g/mol. The van der Waals surface area contributed by atoms with Gasteiger partial charge in [0.15, 0.2) is 0 Å². The van der Waals surface area contributed by atoms with Gasteiger partial charge >= 0.3 is 0 Å². The van der Waals surface area contributed by atoms with Crippen LogP contribution < -0.4 is 4.90 Å². The fourth-order valence-electron chi connectivity index (χ4n) is 1.65. The van der Waals surface area contributed by atoms with Gasteiger partial charge in [0.2, 0.25) is 0 Å². The van der Waals surface area contributed by atoms with Gasteiger partial charge in [0, 0.05) is 13.1 Å². The first kappa shape index (κ1) is 9.52. The Hall–Kier alpha value is -1.03. The van der Waals surface area contributed by atoms with Crippen molar-refractivity contribution in [3.63, 3.8) is 0 Å². The third-order valence-corrected chi connectivity index (χ3v) is 2.75. The number of aromatic nitrogens is 1. The van der Waals surface area contributed by atoms with E-state index >= 15 is 0 Å². The molecular weight excluding hydrogens is 180 g/mol. The Labute approximate surface area is 83.5 Å². The van der Waals surface area contributed by atoms with Gasteiger partial charge in [0.25, 0.3) is 6.01 Å². The molecule has 1 aromatic heterocycles. The molecule has 1 aliphatic rings. The molecule has 1 fully saturated rings. The predicted molar refractivity (Wildman–Crippen MR) is 53.4 cm³/mol. The van der Waals surface area contributed by atoms with Crippen LogP contribution in [0.4, 0.5) is 6.01 Å². The average Bonchev–Trinajstić information content (AvgIpc) is 2.48. The summed E-state index contributed by atoms with van der Waals surface area (Å²) in [6.07, 6.45) is 1.46. The van der Waals surface area contributed by atoms with Crippen LogP contribution in [0.25, 0.3) is 0 Å². The zero-order valence-corrected chi connectivity index (χ0v) is 8.66. The molecule has 4 nitrogen and oxygen atoms in total. The molecule has 1 aromatic rings. The first-order chi connectivity index (χ1) is 6.66. The Morgan fingerprint density at radius 2 is 2.00 bits per heavy atom. The predicted octanol–water partition coefficient (Wildman–Crippen LogP) is 1.25. The molecule has 0 amide bonds. The third kappa shape index (κ3) is 1.75. The van der Waals surface area contributed by atoms with Gasteiger partial charge in [0.05, 0.1) is 11.8 Å². The van der Waals surface area contributed by atoms with Gasteiger partial charge in [0.1, 0.15) is 5.76 Å². The normalized spacial score (nSPS) is 18.9. The molecule has 2 heterocycles. The topological polar surface area (TPSA) is 49.5 Å². The molecular formula is C10H16N2O2. The summed E-state index contributed by atoms with van der Waals surface area (Å²) in [5.74, 6) is 0.881. The molecule has 2 rings (SSSR count). The molecule has 0 spiro atoms. The minimum absolute atomic E-state index is 0.150. The molecule has 78 valence electrons. The quantitative estimate of drug-likeness (QED) is 0.734. The van der Waals surface area contributed by atoms with Crippen LogP contribution in [0.3, 0.4) is 0 Å². The fourth-order valence-corrected chi connectivity index (χ4v) is 1.65. The van der Waals surface area contributed by atoms with Crippen molar-refractivity contribution in [1.29, 1.82) is 0 Å². The highest BCUT2D eigenvalue weighted by Crippen LogP contribution is 2.21. The number of oxazole rings is 1. The smallest absolute Gasteiger partial charge is 0.297 e. The molecule has 0 atom stereocenters. The summed E-state index contributed by atoms with van der Waals surface area (Å²) >= 11 is 0. The van der Waals surface area contributed by atoms with Crippen LogP contribution in [-0.2, 0) is 0 Å². The van der Waals surface area contributed by atoms with Gasteiger partial charge in [-0.2, -0.15) is 4.98 Å². The number of piperidine rings is 1. The van der Waals surface area contributed by atoms with Gasteiger partial charge in [-0.25, -0.2) is 0 Å². The minimum atomic E-state index is -0.150. The molecule has 0 radical (unpaired) electrons. The zero-order valence-electron chi connectivity index (χ0n) is 8.66. The van der Waals surface area contributed by atoms with E-state index < -0.39 is 0 Å². The highest BCUT2D eigenvalue weighted by atomic mass is 16.4. The van der Waals surface area contributed by atoms with Gasteiger partial charge in [-0.3, -0.25) is 0 Å². The van der Waals surface area contributed by atoms with Crippen molar-refractivity contribution in [2.45, 2.75) is 32.8 Å². The summed E-state index contributed by atoms with van der Waals surface area (Å²) < 4.78 is 5.52. The molecule has 0 aliphatic carbocycles. The number of nitrogens with zero attached hydrogens (tertiary/aromatic N) is 2. The lowest BCUT2D eigenvalue weighted by atomic mass is 10.1. The molecule has 1 N–H and O–H groups in total. The molecule has 0 aromatic carbocycles. The zero-order chi connectivity index (χ0) is 10.1. The number of aliphatic hydroxyl groups excluding tert-OH is 1. The number of aryl methyl sites for hydroxylation is 2. The summed E-state index contributed by atoms with van der Waals surface area (Å²) in [5.41, 5.74) is 0.950. The summed E-state index contributed by atoms with van der Waals surface area (Å²) in [6.45, 7) is 5.53. The SMILES string of the molecule is Cc1nc(N2CCC(O)CC2)oc1C. The lowest BCUT2D eigenvalue weighted by Crippen LogP contribution is -2.35. The van der Waals surface area contributed by atoms with Crippen LogP contribution in [0.5, 0.6) is 0 Å². The van der Waals surface area contributed by atoms with Crippen LogP contribution in [0.1, 0.15) is 24.3 Å². The molecule has 1 saturated heterocycles. The molecule has 4 heteroatoms. The minimum Gasteiger partial charge on any atom is -0.429 e. The maximum absolute atomic E-state index is 9.36. The number of hydrogen-bond acceptors (Lipinski definition) is 4. The second-order valence-electron chi connectivity index (χ2n) is 3.86. The van der Waals surface area contributed by atoms with E-state index in [9.17, 15) is 5.11 Å². The third-order valence-electron chi connectivity index (χ3n) is 2.75. The molecule has 14 heavy (non-hydrogen) atoms. The van der Waals surface area contributed by atoms with Crippen molar-refractivity contribution < 1.29 is 9.52 Å². The second-order valence-corrected chi connectivity index (χ2v) is 3.86. The second kappa shape index (κ2) is 3.61. The van der Waals surface area contributed by atoms with E-state index in [1.807, 2.05) is 13.8 Å². The van der Waals surface area contributed by atoms with Crippen molar-refractivity contribution in [2.75, 3.05) is 18.0 Å². The number of aliphatic hydroxyl groups is 1. The fraction of sp³-hybridized carbons (Fsp3) is 0.700. The van der Waals surface area contributed by atoms with E-state index in [1.54, 1.807) is 0 Å². The van der Waals surface area contributed by atoms with Crippen LogP contribution in [-0.4, -0.2) is 29.3 Å². The van der Waals surface area contributed by atoms with Crippen LogP contribution in [0.2, 0.25) is 0 Å². The van der Waals surface area contributed by atoms with Crippen LogP contribution in [0.15, 0.2) is 4.42 Å². The van der Waals surface area contributed by atoms with E-state index in [-0.39, 0.29) is 6.10 Å². The van der Waals surface area contributed by atoms with Gasteiger partial charge in [-0.05, 0) is 26.7 Å². The Balaban J connectivity index is 2.08. The first-order valence-electron chi connectivity index (χ1n) is 5.04. The molecule has 1 aliphatic heterocycles. The highest BCUT2D eigenvalue weighted by Gasteiger charge is 2.20. The maximum atomic E-state index is 9.36. The van der Waals surface area contributed by atoms with Crippen molar-refractivity contribution in [2.24, 2.45) is 0 Å². The Morgan fingerprint density at radius 3 is 2.50 bits per heavy atom. The summed E-state index contributed by atoms with van der Waals surface area (Å²) in [4.78, 5) is 6.43. The lowest BCUT2D eigenvalue weighted by Gasteiger charge is -2.27. The number of rotatable bonds is 1. The van der Waals surface area contributed by atoms with Crippen molar-refractivity contribution >= 4 is 6.01 Å². The summed E-state index contributed by atoms with van der Waals surface area (Å²) in [7, 11) is 0. The number of hydrogen-bond donors (Lipinski definition) is 1. The highest BCUT2D eigenvalue weighted by molar-refractivity contribution is 5.29. The maximum Gasteiger partial charge on any atom is 0.297 e. The Bertz CT molecular complexity index is 294. The van der Waals surface area contributed by atoms with Crippen molar-refractivity contribution in [3.05, 3.63) is 11.5 Å². The molecule has 0 saturated carbocycles. The summed E-state index contributed by atoms with van der Waals surface area (Å²) in [5, 5.41) is 9.36. The van der Waals surface area contributed by atoms with Gasteiger partial charge in [-0.1, -0.05) is 0 Å². The van der Waals surface area contributed by atoms with Gasteiger partial charge < -0.3 is 14.4 Å². The number of anilines is 1. The van der Waals surface area contributed by atoms with E-state index in [0.717, 1.165) is 37.4 Å². The van der Waals surface area contributed by atoms with Crippen LogP contribution in [0, 0.1) is 13.8 Å².